The van der Waals surface area contributed by atoms with Gasteiger partial charge in [0.15, 0.2) is 5.88 Å². The zero-order valence-electron chi connectivity index (χ0n) is 11.2. The molecule has 0 radical (unpaired) electrons. The van der Waals surface area contributed by atoms with Crippen molar-refractivity contribution in [1.82, 2.24) is 5.32 Å². The van der Waals surface area contributed by atoms with Gasteiger partial charge in [-0.25, -0.2) is 4.79 Å². The van der Waals surface area contributed by atoms with Crippen molar-refractivity contribution in [3.8, 4) is 6.07 Å². The van der Waals surface area contributed by atoms with Crippen molar-refractivity contribution < 1.29 is 18.7 Å². The van der Waals surface area contributed by atoms with Crippen LogP contribution in [-0.2, 0) is 9.53 Å². The number of rotatable bonds is 3. The quantitative estimate of drug-likeness (QED) is 0.606. The number of carbonyl (C=O) groups is 2. The lowest BCUT2D eigenvalue weighted by Crippen LogP contribution is -2.35. The zero-order chi connectivity index (χ0) is 15.2. The summed E-state index contributed by atoms with van der Waals surface area (Å²) in [5.41, 5.74) is 4.56. The lowest BCUT2D eigenvalue weighted by atomic mass is 10.2. The Morgan fingerprint density at radius 2 is 2.10 bits per heavy atom. The van der Waals surface area contributed by atoms with Gasteiger partial charge < -0.3 is 19.8 Å². The highest BCUT2D eigenvalue weighted by Gasteiger charge is 2.16. The number of imide groups is 1. The Bertz CT molecular complexity index is 608. The molecule has 110 valence electrons. The predicted molar refractivity (Wildman–Crippen MR) is 73.1 cm³/mol. The molecular formula is C13H14N4O4. The predicted octanol–water partition coefficient (Wildman–Crippen LogP) is 0.218. The number of urea groups is 1. The normalized spacial score (nSPS) is 15.4. The summed E-state index contributed by atoms with van der Waals surface area (Å²) in [5.74, 6) is 0.110. The second kappa shape index (κ2) is 6.58. The summed E-state index contributed by atoms with van der Waals surface area (Å²) in [6.07, 6.45) is 1.25. The van der Waals surface area contributed by atoms with Crippen molar-refractivity contribution in [2.24, 2.45) is 5.73 Å². The van der Waals surface area contributed by atoms with E-state index in [1.807, 2.05) is 10.2 Å². The van der Waals surface area contributed by atoms with E-state index in [4.69, 9.17) is 20.1 Å². The fraction of sp³-hybridized carbons (Fsp3) is 0.308. The number of ether oxygens (including phenoxy) is 1. The molecule has 0 unspecified atom stereocenters. The Balaban J connectivity index is 2.12. The molecule has 0 saturated carbocycles. The van der Waals surface area contributed by atoms with Gasteiger partial charge in [0.05, 0.1) is 13.2 Å². The van der Waals surface area contributed by atoms with Crippen LogP contribution in [0.25, 0.3) is 6.08 Å². The Morgan fingerprint density at radius 1 is 1.38 bits per heavy atom. The van der Waals surface area contributed by atoms with Crippen LogP contribution in [0.2, 0.25) is 0 Å². The summed E-state index contributed by atoms with van der Waals surface area (Å²) in [7, 11) is 0. The monoisotopic (exact) mass is 290 g/mol. The van der Waals surface area contributed by atoms with Crippen molar-refractivity contribution in [3.05, 3.63) is 23.5 Å². The molecule has 8 nitrogen and oxygen atoms in total. The van der Waals surface area contributed by atoms with E-state index >= 15 is 0 Å². The van der Waals surface area contributed by atoms with Gasteiger partial charge in [0, 0.05) is 25.2 Å². The third-order valence-corrected chi connectivity index (χ3v) is 2.82. The number of nitriles is 1. The minimum atomic E-state index is -1.02. The molecule has 0 aliphatic carbocycles. The van der Waals surface area contributed by atoms with E-state index < -0.39 is 11.9 Å². The van der Waals surface area contributed by atoms with Gasteiger partial charge in [0.2, 0.25) is 0 Å². The number of furan rings is 1. The maximum atomic E-state index is 11.5. The molecule has 1 aromatic rings. The summed E-state index contributed by atoms with van der Waals surface area (Å²) >= 11 is 0. The highest BCUT2D eigenvalue weighted by molar-refractivity contribution is 6.08. The average molecular weight is 290 g/mol. The number of morpholine rings is 1. The van der Waals surface area contributed by atoms with Gasteiger partial charge in [-0.2, -0.15) is 5.26 Å². The highest BCUT2D eigenvalue weighted by Crippen LogP contribution is 2.21. The first-order valence-electron chi connectivity index (χ1n) is 6.25. The lowest BCUT2D eigenvalue weighted by molar-refractivity contribution is -0.115. The van der Waals surface area contributed by atoms with E-state index in [9.17, 15) is 9.59 Å². The van der Waals surface area contributed by atoms with Gasteiger partial charge in [0.25, 0.3) is 5.91 Å². The summed E-state index contributed by atoms with van der Waals surface area (Å²) in [4.78, 5) is 24.1. The second-order valence-electron chi connectivity index (χ2n) is 4.26. The maximum absolute atomic E-state index is 11.5. The van der Waals surface area contributed by atoms with Crippen LogP contribution in [0.3, 0.4) is 0 Å². The van der Waals surface area contributed by atoms with Crippen LogP contribution in [0.5, 0.6) is 0 Å². The summed E-state index contributed by atoms with van der Waals surface area (Å²) in [6.45, 7) is 2.67. The lowest BCUT2D eigenvalue weighted by Gasteiger charge is -2.26. The molecule has 8 heteroatoms. The van der Waals surface area contributed by atoms with E-state index in [2.05, 4.69) is 0 Å². The van der Waals surface area contributed by atoms with Crippen molar-refractivity contribution in [2.45, 2.75) is 0 Å². The summed E-state index contributed by atoms with van der Waals surface area (Å²) in [6, 6.07) is 4.06. The van der Waals surface area contributed by atoms with Crippen LogP contribution in [-0.4, -0.2) is 38.2 Å². The van der Waals surface area contributed by atoms with Crippen molar-refractivity contribution in [1.29, 1.82) is 5.26 Å². The average Bonchev–Trinajstić information content (AvgIpc) is 2.93. The minimum Gasteiger partial charge on any atom is -0.441 e. The fourth-order valence-corrected chi connectivity index (χ4v) is 1.84. The number of amides is 3. The van der Waals surface area contributed by atoms with Gasteiger partial charge in [-0.1, -0.05) is 0 Å². The smallest absolute Gasteiger partial charge is 0.319 e. The molecular weight excluding hydrogens is 276 g/mol. The van der Waals surface area contributed by atoms with E-state index in [1.165, 1.54) is 6.08 Å². The molecule has 1 aromatic heterocycles. The topological polar surface area (TPSA) is 122 Å². The van der Waals surface area contributed by atoms with Crippen LogP contribution in [0.15, 0.2) is 22.1 Å². The van der Waals surface area contributed by atoms with Crippen molar-refractivity contribution in [2.75, 3.05) is 31.2 Å². The molecule has 1 saturated heterocycles. The number of carbonyl (C=O) groups excluding carboxylic acids is 2. The minimum absolute atomic E-state index is 0.267. The number of nitrogens with two attached hydrogens (primary N) is 1. The molecule has 1 aliphatic rings. The molecule has 3 N–H and O–H groups in total. The molecule has 0 spiro atoms. The molecule has 3 amide bonds. The van der Waals surface area contributed by atoms with Crippen molar-refractivity contribution >= 4 is 23.9 Å². The van der Waals surface area contributed by atoms with Gasteiger partial charge in [0.1, 0.15) is 17.4 Å². The molecule has 0 aromatic carbocycles. The van der Waals surface area contributed by atoms with Gasteiger partial charge in [-0.3, -0.25) is 10.1 Å². The van der Waals surface area contributed by atoms with Crippen LogP contribution in [0, 0.1) is 11.3 Å². The number of hydrogen-bond donors (Lipinski definition) is 2. The van der Waals surface area contributed by atoms with E-state index in [0.717, 1.165) is 0 Å². The Kier molecular flexibility index (Phi) is 4.58. The standard InChI is InChI=1S/C13H14N4O4/c14-8-9(12(18)16-13(15)19)7-10-1-2-11(21-10)17-3-5-20-6-4-17/h1-2,7H,3-6H2,(H3,15,16,18,19)/b9-7-. The number of nitrogens with one attached hydrogen (secondary N) is 1. The highest BCUT2D eigenvalue weighted by atomic mass is 16.5. The first-order valence-corrected chi connectivity index (χ1v) is 6.25. The van der Waals surface area contributed by atoms with E-state index in [1.54, 1.807) is 18.2 Å². The number of primary amides is 1. The fourth-order valence-electron chi connectivity index (χ4n) is 1.84. The van der Waals surface area contributed by atoms with E-state index in [0.29, 0.717) is 37.9 Å². The second-order valence-corrected chi connectivity index (χ2v) is 4.26. The van der Waals surface area contributed by atoms with Gasteiger partial charge in [-0.15, -0.1) is 0 Å². The largest absolute Gasteiger partial charge is 0.441 e. The van der Waals surface area contributed by atoms with Gasteiger partial charge >= 0.3 is 6.03 Å². The molecule has 1 aliphatic heterocycles. The number of anilines is 1. The zero-order valence-corrected chi connectivity index (χ0v) is 11.2. The molecule has 0 bridgehead atoms. The number of nitrogens with zero attached hydrogens (tertiary/aromatic N) is 2. The third kappa shape index (κ3) is 3.84. The maximum Gasteiger partial charge on any atom is 0.319 e. The van der Waals surface area contributed by atoms with Gasteiger partial charge in [-0.05, 0) is 6.07 Å². The summed E-state index contributed by atoms with van der Waals surface area (Å²) < 4.78 is 10.8. The van der Waals surface area contributed by atoms with E-state index in [-0.39, 0.29) is 5.57 Å². The van der Waals surface area contributed by atoms with Crippen LogP contribution in [0.1, 0.15) is 5.76 Å². The molecule has 2 heterocycles. The molecule has 1 fully saturated rings. The van der Waals surface area contributed by atoms with Crippen LogP contribution in [0.4, 0.5) is 10.7 Å². The van der Waals surface area contributed by atoms with Crippen LogP contribution < -0.4 is 16.0 Å². The summed E-state index contributed by atoms with van der Waals surface area (Å²) in [5, 5.41) is 10.8. The first kappa shape index (κ1) is 14.6. The molecule has 0 atom stereocenters. The van der Waals surface area contributed by atoms with Crippen LogP contribution >= 0.6 is 0 Å². The molecule has 21 heavy (non-hydrogen) atoms. The SMILES string of the molecule is N#C/C(=C/c1ccc(N2CCOCC2)o1)C(=O)NC(N)=O. The molecule has 2 rings (SSSR count). The van der Waals surface area contributed by atoms with Crippen molar-refractivity contribution in [3.63, 3.8) is 0 Å². The Morgan fingerprint density at radius 3 is 2.71 bits per heavy atom. The first-order chi connectivity index (χ1) is 10.1. The Labute approximate surface area is 120 Å². The number of hydrogen-bond acceptors (Lipinski definition) is 6. The third-order valence-electron chi connectivity index (χ3n) is 2.82. The Hall–Kier alpha value is -2.79.